The van der Waals surface area contributed by atoms with Crippen LogP contribution in [0.25, 0.3) is 11.0 Å². The van der Waals surface area contributed by atoms with Crippen molar-refractivity contribution >= 4 is 43.6 Å². The first kappa shape index (κ1) is 27.9. The number of hydrogen-bond donors (Lipinski definition) is 5. The molecule has 4 heterocycles. The van der Waals surface area contributed by atoms with Gasteiger partial charge in [-0.25, -0.2) is 4.68 Å². The zero-order chi connectivity index (χ0) is 27.5. The minimum atomic E-state index is -4.87. The van der Waals surface area contributed by atoms with Crippen molar-refractivity contribution in [2.24, 2.45) is 11.8 Å². The quantitative estimate of drug-likeness (QED) is 0.174. The highest BCUT2D eigenvalue weighted by atomic mass is 35.5. The van der Waals surface area contributed by atoms with Crippen molar-refractivity contribution in [3.8, 4) is 11.8 Å². The van der Waals surface area contributed by atoms with Gasteiger partial charge in [0.05, 0.1) is 18.2 Å². The van der Waals surface area contributed by atoms with Gasteiger partial charge in [0.25, 0.3) is 0 Å². The number of nitrogens with zero attached hydrogens (tertiary/aromatic N) is 5. The number of aliphatic hydroxyl groups is 2. The highest BCUT2D eigenvalue weighted by Crippen LogP contribution is 2.56. The first-order valence-corrected chi connectivity index (χ1v) is 15.9. The monoisotopic (exact) mass is 591 g/mol. The molecule has 14 nitrogen and oxygen atoms in total. The third-order valence-corrected chi connectivity index (χ3v) is 10.9. The molecule has 7 atom stereocenters. The van der Waals surface area contributed by atoms with Gasteiger partial charge in [0.1, 0.15) is 18.0 Å². The molecule has 0 spiro atoms. The van der Waals surface area contributed by atoms with Gasteiger partial charge >= 0.3 is 15.2 Å². The smallest absolute Gasteiger partial charge is 0.340 e. The highest BCUT2D eigenvalue weighted by molar-refractivity contribution is 7.70. The van der Waals surface area contributed by atoms with Crippen LogP contribution in [-0.2, 0) is 18.4 Å². The summed E-state index contributed by atoms with van der Waals surface area (Å²) >= 11 is 6.27. The minimum Gasteiger partial charge on any atom is -0.384 e. The van der Waals surface area contributed by atoms with Gasteiger partial charge in [0.2, 0.25) is 5.28 Å². The lowest BCUT2D eigenvalue weighted by molar-refractivity contribution is -0.0597. The molecule has 3 aliphatic rings. The van der Waals surface area contributed by atoms with E-state index in [2.05, 4.69) is 31.8 Å². The van der Waals surface area contributed by atoms with Crippen molar-refractivity contribution in [2.75, 3.05) is 30.5 Å². The van der Waals surface area contributed by atoms with Crippen LogP contribution in [0.15, 0.2) is 6.20 Å². The average molecular weight is 592 g/mol. The van der Waals surface area contributed by atoms with Crippen LogP contribution < -0.4 is 4.90 Å². The van der Waals surface area contributed by atoms with Crippen LogP contribution in [-0.4, -0.2) is 88.1 Å². The zero-order valence-corrected chi connectivity index (χ0v) is 22.8. The largest absolute Gasteiger partial charge is 0.384 e. The molecule has 1 aliphatic carbocycles. The molecule has 38 heavy (non-hydrogen) atoms. The van der Waals surface area contributed by atoms with Crippen molar-refractivity contribution < 1.29 is 43.3 Å². The molecule has 2 saturated heterocycles. The van der Waals surface area contributed by atoms with E-state index in [0.29, 0.717) is 23.0 Å². The fourth-order valence-electron chi connectivity index (χ4n) is 5.64. The Bertz CT molecular complexity index is 1380. The summed E-state index contributed by atoms with van der Waals surface area (Å²) in [5, 5.41) is 27.1. The van der Waals surface area contributed by atoms with E-state index in [1.54, 1.807) is 0 Å². The van der Waals surface area contributed by atoms with Gasteiger partial charge in [-0.15, -0.1) is 5.92 Å². The third-order valence-electron chi connectivity index (χ3n) is 7.30. The van der Waals surface area contributed by atoms with Gasteiger partial charge < -0.3 is 39.1 Å². The SMILES string of the molecule is CC#C[C@@]1(O)[C@@H](COP(=O)(O)CP(=O)(O)O)O[C@@H](n2ncc3c(N4C[C@H]5CCC[C@H]5C4)nc(Cl)nc32)[C@@H]1O. The Labute approximate surface area is 222 Å². The van der Waals surface area contributed by atoms with E-state index in [9.17, 15) is 24.2 Å². The molecular weight excluding hydrogens is 564 g/mol. The second kappa shape index (κ2) is 10.1. The van der Waals surface area contributed by atoms with E-state index < -0.39 is 51.7 Å². The molecule has 5 N–H and O–H groups in total. The molecule has 0 bridgehead atoms. The topological polar surface area (TPSA) is 201 Å². The number of aromatic nitrogens is 4. The fourth-order valence-corrected chi connectivity index (χ4v) is 8.36. The molecule has 17 heteroatoms. The maximum atomic E-state index is 12.1. The number of rotatable bonds is 7. The molecule has 1 saturated carbocycles. The Hall–Kier alpha value is -1.62. The molecule has 3 fully saturated rings. The van der Waals surface area contributed by atoms with Crippen LogP contribution in [0.4, 0.5) is 5.82 Å². The van der Waals surface area contributed by atoms with E-state index in [4.69, 9.17) is 30.6 Å². The third kappa shape index (κ3) is 5.25. The average Bonchev–Trinajstić information content (AvgIpc) is 3.55. The van der Waals surface area contributed by atoms with Crippen molar-refractivity contribution in [1.29, 1.82) is 0 Å². The number of fused-ring (bicyclic) bond motifs is 2. The second-order valence-electron chi connectivity index (χ2n) is 9.90. The van der Waals surface area contributed by atoms with Crippen LogP contribution >= 0.6 is 26.8 Å². The highest BCUT2D eigenvalue weighted by Gasteiger charge is 2.57. The number of halogens is 1. The fraction of sp³-hybridized carbons (Fsp3) is 0.667. The molecule has 2 aliphatic heterocycles. The summed E-state index contributed by atoms with van der Waals surface area (Å²) in [5.41, 5.74) is -2.03. The first-order chi connectivity index (χ1) is 17.8. The summed E-state index contributed by atoms with van der Waals surface area (Å²) in [5.74, 6) is 5.30. The van der Waals surface area contributed by atoms with Crippen molar-refractivity contribution in [3.05, 3.63) is 11.5 Å². The Morgan fingerprint density at radius 1 is 1.24 bits per heavy atom. The van der Waals surface area contributed by atoms with Crippen molar-refractivity contribution in [1.82, 2.24) is 19.7 Å². The lowest BCUT2D eigenvalue weighted by Crippen LogP contribution is -2.48. The molecule has 0 amide bonds. The van der Waals surface area contributed by atoms with Crippen LogP contribution in [0.5, 0.6) is 0 Å². The molecule has 2 aromatic heterocycles. The van der Waals surface area contributed by atoms with Gasteiger partial charge in [0.15, 0.2) is 23.4 Å². The zero-order valence-electron chi connectivity index (χ0n) is 20.3. The molecule has 5 rings (SSSR count). The molecular formula is C21H28ClN5O9P2. The number of aliphatic hydroxyl groups excluding tert-OH is 1. The van der Waals surface area contributed by atoms with Crippen molar-refractivity contribution in [3.63, 3.8) is 0 Å². The Balaban J connectivity index is 1.44. The van der Waals surface area contributed by atoms with Crippen LogP contribution in [0.3, 0.4) is 0 Å². The lowest BCUT2D eigenvalue weighted by atomic mass is 9.93. The van der Waals surface area contributed by atoms with E-state index in [1.165, 1.54) is 37.1 Å². The van der Waals surface area contributed by atoms with Crippen LogP contribution in [0.1, 0.15) is 32.4 Å². The van der Waals surface area contributed by atoms with Crippen LogP contribution in [0.2, 0.25) is 5.28 Å². The molecule has 2 aromatic rings. The van der Waals surface area contributed by atoms with E-state index >= 15 is 0 Å². The maximum Gasteiger partial charge on any atom is 0.340 e. The number of hydrogen-bond acceptors (Lipinski definition) is 10. The second-order valence-corrected chi connectivity index (χ2v) is 14.2. The summed E-state index contributed by atoms with van der Waals surface area (Å²) in [7, 11) is -9.64. The number of ether oxygens (including phenoxy) is 1. The van der Waals surface area contributed by atoms with E-state index in [0.717, 1.165) is 13.1 Å². The van der Waals surface area contributed by atoms with E-state index in [-0.39, 0.29) is 10.9 Å². The van der Waals surface area contributed by atoms with E-state index in [1.807, 2.05) is 0 Å². The standard InChI is InChI=1S/C21H28ClN5O9P2/c1-2-6-21(29)15(10-35-38(33,34)11-37(30,31)32)36-19(16(21)28)27-18-14(7-23-27)17(24-20(22)25-18)26-8-12-4-3-5-13(12)9-26/h7,12-13,15-16,19,28-29H,3-5,8-11H2,1H3,(H,33,34)(H2,30,31,32)/t12-,13+,15-,16+,19-,21-/m1/s1. The summed E-state index contributed by atoms with van der Waals surface area (Å²) in [6.45, 7) is 2.28. The summed E-state index contributed by atoms with van der Waals surface area (Å²) in [4.78, 5) is 38.8. The summed E-state index contributed by atoms with van der Waals surface area (Å²) in [6, 6.07) is 0. The van der Waals surface area contributed by atoms with Crippen molar-refractivity contribution in [2.45, 2.75) is 50.2 Å². The predicted molar refractivity (Wildman–Crippen MR) is 134 cm³/mol. The molecule has 0 radical (unpaired) electrons. The van der Waals surface area contributed by atoms with Crippen LogP contribution in [0, 0.1) is 23.7 Å². The van der Waals surface area contributed by atoms with Gasteiger partial charge in [0, 0.05) is 13.1 Å². The van der Waals surface area contributed by atoms with Gasteiger partial charge in [-0.2, -0.15) is 15.1 Å². The van der Waals surface area contributed by atoms with Gasteiger partial charge in [-0.05, 0) is 43.2 Å². The lowest BCUT2D eigenvalue weighted by Gasteiger charge is -2.26. The number of anilines is 1. The predicted octanol–water partition coefficient (Wildman–Crippen LogP) is 1.07. The minimum absolute atomic E-state index is 0.0408. The maximum absolute atomic E-state index is 12.1. The normalized spacial score (nSPS) is 32.8. The summed E-state index contributed by atoms with van der Waals surface area (Å²) in [6.07, 6.45) is 0.512. The Morgan fingerprint density at radius 3 is 2.55 bits per heavy atom. The van der Waals surface area contributed by atoms with Gasteiger partial charge in [-0.3, -0.25) is 9.13 Å². The first-order valence-electron chi connectivity index (χ1n) is 12.0. The Kier molecular flexibility index (Phi) is 7.42. The molecule has 0 aromatic carbocycles. The summed E-state index contributed by atoms with van der Waals surface area (Å²) < 4.78 is 35.2. The Morgan fingerprint density at radius 2 is 1.92 bits per heavy atom. The van der Waals surface area contributed by atoms with Gasteiger partial charge in [-0.1, -0.05) is 12.3 Å². The molecule has 208 valence electrons. The molecule has 1 unspecified atom stereocenters.